The van der Waals surface area contributed by atoms with Crippen molar-refractivity contribution in [1.29, 1.82) is 0 Å². The van der Waals surface area contributed by atoms with Crippen LogP contribution in [0.25, 0.3) is 0 Å². The molecule has 0 heterocycles. The van der Waals surface area contributed by atoms with Gasteiger partial charge in [-0.3, -0.25) is 14.4 Å². The van der Waals surface area contributed by atoms with Crippen LogP contribution >= 0.6 is 0 Å². The van der Waals surface area contributed by atoms with Crippen molar-refractivity contribution in [3.63, 3.8) is 0 Å². The lowest BCUT2D eigenvalue weighted by molar-refractivity contribution is -0.167. The third-order valence-electron chi connectivity index (χ3n) is 15.4. The van der Waals surface area contributed by atoms with Crippen molar-refractivity contribution in [2.24, 2.45) is 0 Å². The molecule has 1 unspecified atom stereocenters. The Balaban J connectivity index is 4.19. The molecule has 0 aromatic carbocycles. The zero-order chi connectivity index (χ0) is 57.8. The number of hydrogen-bond donors (Lipinski definition) is 0. The van der Waals surface area contributed by atoms with E-state index in [1.807, 2.05) is 0 Å². The summed E-state index contributed by atoms with van der Waals surface area (Å²) in [4.78, 5) is 38.4. The number of hydrogen-bond acceptors (Lipinski definition) is 6. The lowest BCUT2D eigenvalue weighted by Gasteiger charge is -2.18. The summed E-state index contributed by atoms with van der Waals surface area (Å²) in [7, 11) is 0. The molecule has 0 aliphatic rings. The van der Waals surface area contributed by atoms with Crippen molar-refractivity contribution >= 4 is 17.9 Å². The van der Waals surface area contributed by atoms with Gasteiger partial charge in [-0.2, -0.15) is 0 Å². The van der Waals surface area contributed by atoms with E-state index in [1.54, 1.807) is 0 Å². The Kier molecular flexibility index (Phi) is 65.7. The van der Waals surface area contributed by atoms with Gasteiger partial charge in [0.15, 0.2) is 6.10 Å². The van der Waals surface area contributed by atoms with Crippen LogP contribution in [0.2, 0.25) is 0 Å². The van der Waals surface area contributed by atoms with E-state index in [9.17, 15) is 14.4 Å². The number of ether oxygens (including phenoxy) is 3. The summed E-state index contributed by atoms with van der Waals surface area (Å²) in [5.41, 5.74) is 0. The Labute approximate surface area is 497 Å². The second-order valence-corrected chi connectivity index (χ2v) is 23.4. The van der Waals surface area contributed by atoms with Gasteiger partial charge in [0.1, 0.15) is 13.2 Å². The average Bonchev–Trinajstić information content (AvgIpc) is 3.46. The van der Waals surface area contributed by atoms with Crippen molar-refractivity contribution in [2.45, 2.75) is 367 Å². The number of carbonyl (C=O) groups is 3. The smallest absolute Gasteiger partial charge is 0.306 e. The molecule has 0 N–H and O–H groups in total. The fourth-order valence-electron chi connectivity index (χ4n) is 10.2. The molecule has 0 aromatic rings. The average molecular weight is 1120 g/mol. The molecule has 464 valence electrons. The fraction of sp³-hybridized carbons (Fsp3) is 0.797. The molecule has 0 saturated carbocycles. The van der Waals surface area contributed by atoms with Gasteiger partial charge in [0.05, 0.1) is 0 Å². The first kappa shape index (κ1) is 76.9. The van der Waals surface area contributed by atoms with Crippen molar-refractivity contribution < 1.29 is 28.6 Å². The van der Waals surface area contributed by atoms with Gasteiger partial charge in [-0.1, -0.05) is 325 Å². The molecule has 1 atom stereocenters. The SMILES string of the molecule is CC/C=C\C/C=C\C/C=C\CCCCCC(=O)OCC(COC(=O)CCCCCCCCCCCCCCCCCC/C=C\C/C=C\C/C=C\CCCCCCC)OC(=O)CCCCCCCCCCCCCCCCCCCC. The maximum atomic E-state index is 12.9. The summed E-state index contributed by atoms with van der Waals surface area (Å²) in [6.45, 7) is 6.54. The molecule has 0 amide bonds. The van der Waals surface area contributed by atoms with Crippen molar-refractivity contribution in [1.82, 2.24) is 0 Å². The van der Waals surface area contributed by atoms with Crippen LogP contribution in [-0.2, 0) is 28.6 Å². The quantitative estimate of drug-likeness (QED) is 0.0261. The van der Waals surface area contributed by atoms with E-state index in [0.717, 1.165) is 96.3 Å². The van der Waals surface area contributed by atoms with Crippen molar-refractivity contribution in [3.05, 3.63) is 72.9 Å². The fourth-order valence-corrected chi connectivity index (χ4v) is 10.2. The lowest BCUT2D eigenvalue weighted by Crippen LogP contribution is -2.30. The van der Waals surface area contributed by atoms with E-state index in [-0.39, 0.29) is 31.1 Å². The Morgan fingerprint density at radius 3 is 0.775 bits per heavy atom. The van der Waals surface area contributed by atoms with Gasteiger partial charge in [0, 0.05) is 19.3 Å². The zero-order valence-electron chi connectivity index (χ0n) is 53.3. The summed E-state index contributed by atoms with van der Waals surface area (Å²) in [6, 6.07) is 0. The van der Waals surface area contributed by atoms with Crippen LogP contribution in [0, 0.1) is 0 Å². The number of esters is 3. The molecule has 0 radical (unpaired) electrons. The van der Waals surface area contributed by atoms with Crippen LogP contribution in [0.3, 0.4) is 0 Å². The first-order chi connectivity index (χ1) is 39.5. The highest BCUT2D eigenvalue weighted by Crippen LogP contribution is 2.18. The predicted octanol–water partition coefficient (Wildman–Crippen LogP) is 24.1. The molecule has 0 bridgehead atoms. The van der Waals surface area contributed by atoms with Gasteiger partial charge in [-0.25, -0.2) is 0 Å². The minimum absolute atomic E-state index is 0.0806. The topological polar surface area (TPSA) is 78.9 Å². The number of rotatable bonds is 64. The summed E-state index contributed by atoms with van der Waals surface area (Å²) < 4.78 is 16.9. The summed E-state index contributed by atoms with van der Waals surface area (Å²) in [6.07, 6.45) is 89.4. The summed E-state index contributed by atoms with van der Waals surface area (Å²) >= 11 is 0. The molecule has 6 nitrogen and oxygen atoms in total. The monoisotopic (exact) mass is 1120 g/mol. The molecule has 0 aliphatic heterocycles. The van der Waals surface area contributed by atoms with Crippen LogP contribution in [0.15, 0.2) is 72.9 Å². The third kappa shape index (κ3) is 65.7. The van der Waals surface area contributed by atoms with E-state index < -0.39 is 6.10 Å². The van der Waals surface area contributed by atoms with E-state index in [4.69, 9.17) is 14.2 Å². The highest BCUT2D eigenvalue weighted by molar-refractivity contribution is 5.71. The minimum atomic E-state index is -0.786. The third-order valence-corrected chi connectivity index (χ3v) is 15.4. The largest absolute Gasteiger partial charge is 0.462 e. The number of allylic oxidation sites excluding steroid dienone is 12. The predicted molar refractivity (Wildman–Crippen MR) is 348 cm³/mol. The van der Waals surface area contributed by atoms with Crippen LogP contribution in [-0.4, -0.2) is 37.2 Å². The minimum Gasteiger partial charge on any atom is -0.462 e. The van der Waals surface area contributed by atoms with E-state index in [1.165, 1.54) is 225 Å². The molecular formula is C74H132O6. The number of carbonyl (C=O) groups excluding carboxylic acids is 3. The molecule has 0 fully saturated rings. The van der Waals surface area contributed by atoms with E-state index in [2.05, 4.69) is 93.7 Å². The zero-order valence-corrected chi connectivity index (χ0v) is 53.3. The van der Waals surface area contributed by atoms with E-state index >= 15 is 0 Å². The van der Waals surface area contributed by atoms with E-state index in [0.29, 0.717) is 19.3 Å². The Morgan fingerprint density at radius 2 is 0.487 bits per heavy atom. The maximum absolute atomic E-state index is 12.9. The van der Waals surface area contributed by atoms with Crippen LogP contribution in [0.5, 0.6) is 0 Å². The second-order valence-electron chi connectivity index (χ2n) is 23.4. The van der Waals surface area contributed by atoms with Gasteiger partial charge >= 0.3 is 17.9 Å². The first-order valence-corrected chi connectivity index (χ1v) is 34.9. The molecule has 0 saturated heterocycles. The normalized spacial score (nSPS) is 12.5. The Morgan fingerprint density at radius 1 is 0.263 bits per heavy atom. The van der Waals surface area contributed by atoms with Crippen LogP contribution < -0.4 is 0 Å². The highest BCUT2D eigenvalue weighted by atomic mass is 16.6. The first-order valence-electron chi connectivity index (χ1n) is 34.9. The standard InChI is InChI=1S/C74H132O6/c1-4-7-10-13-16-19-22-25-27-29-31-32-33-34-35-36-37-38-39-40-41-42-43-45-46-49-52-55-58-61-64-67-73(76)79-70-71(69-78-72(75)66-63-60-57-54-51-48-24-21-18-15-12-9-6-3)80-74(77)68-65-62-59-56-53-50-47-44-30-28-26-23-20-17-14-11-8-5-2/h9,12,18,21-22,25,29,31,33-34,48,51,71H,4-8,10-11,13-17,19-20,23-24,26-28,30,32,35-47,49-50,52-70H2,1-3H3/b12-9-,21-18-,25-22-,31-29-,34-33-,51-48-. The highest BCUT2D eigenvalue weighted by Gasteiger charge is 2.19. The van der Waals surface area contributed by atoms with Gasteiger partial charge in [-0.05, 0) is 89.9 Å². The van der Waals surface area contributed by atoms with Gasteiger partial charge < -0.3 is 14.2 Å². The van der Waals surface area contributed by atoms with Crippen molar-refractivity contribution in [2.75, 3.05) is 13.2 Å². The van der Waals surface area contributed by atoms with Gasteiger partial charge in [0.25, 0.3) is 0 Å². The molecule has 0 aromatic heterocycles. The molecular weight excluding hydrogens is 985 g/mol. The second kappa shape index (κ2) is 68.3. The Hall–Kier alpha value is -3.15. The van der Waals surface area contributed by atoms with Gasteiger partial charge in [-0.15, -0.1) is 0 Å². The molecule has 0 spiro atoms. The van der Waals surface area contributed by atoms with Gasteiger partial charge in [0.2, 0.25) is 0 Å². The van der Waals surface area contributed by atoms with Crippen molar-refractivity contribution in [3.8, 4) is 0 Å². The molecule has 0 rings (SSSR count). The lowest BCUT2D eigenvalue weighted by atomic mass is 10.0. The Bertz CT molecular complexity index is 1470. The molecule has 6 heteroatoms. The summed E-state index contributed by atoms with van der Waals surface area (Å²) in [5, 5.41) is 0. The maximum Gasteiger partial charge on any atom is 0.306 e. The summed E-state index contributed by atoms with van der Waals surface area (Å²) in [5.74, 6) is -0.891. The molecule has 80 heavy (non-hydrogen) atoms. The number of unbranched alkanes of at least 4 members (excludes halogenated alkanes) is 41. The van der Waals surface area contributed by atoms with Crippen LogP contribution in [0.4, 0.5) is 0 Å². The van der Waals surface area contributed by atoms with Crippen LogP contribution in [0.1, 0.15) is 361 Å². The molecule has 0 aliphatic carbocycles.